The maximum Gasteiger partial charge on any atom is 0.193 e. The molecule has 0 aromatic rings. The van der Waals surface area contributed by atoms with Crippen molar-refractivity contribution in [1.29, 1.82) is 0 Å². The van der Waals surface area contributed by atoms with Crippen molar-refractivity contribution in [2.75, 3.05) is 13.6 Å². The van der Waals surface area contributed by atoms with Crippen molar-refractivity contribution in [1.82, 2.24) is 0 Å². The monoisotopic (exact) mass is 83.1 g/mol. The summed E-state index contributed by atoms with van der Waals surface area (Å²) in [6.07, 6.45) is 3.96. The molecule has 0 spiro atoms. The van der Waals surface area contributed by atoms with Crippen molar-refractivity contribution in [2.45, 2.75) is 0 Å². The van der Waals surface area contributed by atoms with Gasteiger partial charge in [-0.05, 0) is 5.11 Å². The van der Waals surface area contributed by atoms with Gasteiger partial charge in [0.25, 0.3) is 0 Å². The molecule has 0 aromatic heterocycles. The molecular weight excluding hydrogens is 76.1 g/mol. The Labute approximate surface area is 36.8 Å². The van der Waals surface area contributed by atoms with Crippen LogP contribution in [-0.2, 0) is 0 Å². The van der Waals surface area contributed by atoms with E-state index in [0.717, 1.165) is 6.54 Å². The smallest absolute Gasteiger partial charge is 0.0987 e. The fourth-order valence-corrected chi connectivity index (χ4v) is 0.423. The van der Waals surface area contributed by atoms with Gasteiger partial charge in [-0.15, -0.1) is 0 Å². The normalized spacial score (nSPS) is 18.5. The summed E-state index contributed by atoms with van der Waals surface area (Å²) in [5.74, 6) is 0. The maximum absolute atomic E-state index is 3.96. The predicted molar refractivity (Wildman–Crippen MR) is 22.6 cm³/mol. The van der Waals surface area contributed by atoms with E-state index in [0.29, 0.717) is 0 Å². The van der Waals surface area contributed by atoms with E-state index < -0.39 is 0 Å². The van der Waals surface area contributed by atoms with Crippen LogP contribution in [0.5, 0.6) is 0 Å². The first-order valence-corrected chi connectivity index (χ1v) is 1.96. The van der Waals surface area contributed by atoms with Crippen LogP contribution in [0, 0.1) is 0 Å². The molecule has 1 aliphatic heterocycles. The summed E-state index contributed by atoms with van der Waals surface area (Å²) in [4.78, 5) is 0. The Bertz CT molecular complexity index is 99.4. The zero-order chi connectivity index (χ0) is 4.41. The summed E-state index contributed by atoms with van der Waals surface area (Å²) in [6.45, 7) is 0.858. The van der Waals surface area contributed by atoms with E-state index in [1.807, 2.05) is 19.3 Å². The highest BCUT2D eigenvalue weighted by molar-refractivity contribution is 4.76. The number of hydrogen-bond acceptors (Lipinski definition) is 1. The third-order valence-electron chi connectivity index (χ3n) is 0.731. The van der Waals surface area contributed by atoms with E-state index in [9.17, 15) is 0 Å². The Morgan fingerprint density at radius 1 is 1.83 bits per heavy atom. The van der Waals surface area contributed by atoms with Crippen molar-refractivity contribution in [2.24, 2.45) is 5.11 Å². The Hall–Kier alpha value is -0.660. The SMILES string of the molecule is C[N+]1=NCC=C1. The van der Waals surface area contributed by atoms with Crippen molar-refractivity contribution < 1.29 is 4.70 Å². The lowest BCUT2D eigenvalue weighted by molar-refractivity contribution is -0.491. The van der Waals surface area contributed by atoms with Gasteiger partial charge >= 0.3 is 0 Å². The molecule has 0 unspecified atom stereocenters. The second-order valence-electron chi connectivity index (χ2n) is 1.28. The minimum atomic E-state index is 0.858. The Morgan fingerprint density at radius 3 is 2.83 bits per heavy atom. The lowest BCUT2D eigenvalue weighted by atomic mass is 10.6. The quantitative estimate of drug-likeness (QED) is 0.381. The highest BCUT2D eigenvalue weighted by Gasteiger charge is 1.94. The molecule has 0 bridgehead atoms. The topological polar surface area (TPSA) is 15.4 Å². The van der Waals surface area contributed by atoms with Crippen molar-refractivity contribution in [3.8, 4) is 0 Å². The van der Waals surface area contributed by atoms with Crippen molar-refractivity contribution >= 4 is 0 Å². The molecule has 1 rings (SSSR count). The Kier molecular flexibility index (Phi) is 0.708. The molecule has 1 heterocycles. The minimum absolute atomic E-state index is 0.858. The molecule has 2 nitrogen and oxygen atoms in total. The Balaban J connectivity index is 2.68. The van der Waals surface area contributed by atoms with E-state index in [2.05, 4.69) is 5.11 Å². The van der Waals surface area contributed by atoms with Crippen LogP contribution in [0.1, 0.15) is 0 Å². The van der Waals surface area contributed by atoms with E-state index >= 15 is 0 Å². The summed E-state index contributed by atoms with van der Waals surface area (Å²) in [5, 5.41) is 3.96. The highest BCUT2D eigenvalue weighted by atomic mass is 15.2. The van der Waals surface area contributed by atoms with E-state index in [1.54, 1.807) is 4.70 Å². The lowest BCUT2D eigenvalue weighted by Gasteiger charge is -1.66. The molecule has 0 N–H and O–H groups in total. The van der Waals surface area contributed by atoms with Crippen LogP contribution in [0.15, 0.2) is 17.4 Å². The molecule has 6 heavy (non-hydrogen) atoms. The molecule has 32 valence electrons. The third-order valence-corrected chi connectivity index (χ3v) is 0.731. The van der Waals surface area contributed by atoms with E-state index in [-0.39, 0.29) is 0 Å². The van der Waals surface area contributed by atoms with Crippen molar-refractivity contribution in [3.05, 3.63) is 12.3 Å². The van der Waals surface area contributed by atoms with Crippen LogP contribution in [0.4, 0.5) is 0 Å². The van der Waals surface area contributed by atoms with Gasteiger partial charge in [-0.3, -0.25) is 0 Å². The zero-order valence-corrected chi connectivity index (χ0v) is 3.76. The largest absolute Gasteiger partial charge is 0.193 e. The summed E-state index contributed by atoms with van der Waals surface area (Å²) in [7, 11) is 1.92. The van der Waals surface area contributed by atoms with Gasteiger partial charge in [-0.1, -0.05) is 4.70 Å². The number of rotatable bonds is 0. The van der Waals surface area contributed by atoms with Crippen LogP contribution in [0.2, 0.25) is 0 Å². The summed E-state index contributed by atoms with van der Waals surface area (Å²) in [5.41, 5.74) is 0. The van der Waals surface area contributed by atoms with Gasteiger partial charge in [0.15, 0.2) is 13.2 Å². The molecule has 1 aliphatic rings. The first-order chi connectivity index (χ1) is 2.89. The van der Waals surface area contributed by atoms with Crippen LogP contribution in [0.3, 0.4) is 0 Å². The number of azo groups is 2. The summed E-state index contributed by atoms with van der Waals surface area (Å²) < 4.78 is 1.81. The Morgan fingerprint density at radius 2 is 2.67 bits per heavy atom. The fourth-order valence-electron chi connectivity index (χ4n) is 0.423. The van der Waals surface area contributed by atoms with Gasteiger partial charge in [0.05, 0.1) is 0 Å². The molecule has 0 radical (unpaired) electrons. The standard InChI is InChI=1S/C4H7N2/c1-6-4-2-3-5-6/h2,4H,3H2,1H3/q+1. The van der Waals surface area contributed by atoms with Crippen LogP contribution in [-0.4, -0.2) is 18.3 Å². The lowest BCUT2D eigenvalue weighted by Crippen LogP contribution is -1.82. The van der Waals surface area contributed by atoms with Gasteiger partial charge in [-0.25, -0.2) is 0 Å². The second-order valence-corrected chi connectivity index (χ2v) is 1.28. The minimum Gasteiger partial charge on any atom is -0.0987 e. The number of hydrogen-bond donors (Lipinski definition) is 0. The third kappa shape index (κ3) is 0.455. The molecule has 0 fully saturated rings. The molecule has 0 atom stereocenters. The summed E-state index contributed by atoms with van der Waals surface area (Å²) >= 11 is 0. The first-order valence-electron chi connectivity index (χ1n) is 1.96. The van der Waals surface area contributed by atoms with Crippen LogP contribution < -0.4 is 0 Å². The molecular formula is C4H7N2+. The van der Waals surface area contributed by atoms with Gasteiger partial charge in [0, 0.05) is 6.08 Å². The molecule has 0 saturated heterocycles. The molecule has 0 aliphatic carbocycles. The van der Waals surface area contributed by atoms with Gasteiger partial charge < -0.3 is 0 Å². The molecule has 0 amide bonds. The van der Waals surface area contributed by atoms with Crippen molar-refractivity contribution in [3.63, 3.8) is 0 Å². The first kappa shape index (κ1) is 3.53. The predicted octanol–water partition coefficient (Wildman–Crippen LogP) is 0.608. The average molecular weight is 83.1 g/mol. The van der Waals surface area contributed by atoms with Crippen LogP contribution >= 0.6 is 0 Å². The van der Waals surface area contributed by atoms with Gasteiger partial charge in [0.2, 0.25) is 0 Å². The van der Waals surface area contributed by atoms with Crippen LogP contribution in [0.25, 0.3) is 0 Å². The summed E-state index contributed by atoms with van der Waals surface area (Å²) in [6, 6.07) is 0. The van der Waals surface area contributed by atoms with Gasteiger partial charge in [-0.2, -0.15) is 0 Å². The second kappa shape index (κ2) is 1.20. The fraction of sp³-hybridized carbons (Fsp3) is 0.500. The van der Waals surface area contributed by atoms with E-state index in [1.165, 1.54) is 0 Å². The highest BCUT2D eigenvalue weighted by Crippen LogP contribution is 1.86. The maximum atomic E-state index is 3.96. The molecule has 0 saturated carbocycles. The molecule has 0 aromatic carbocycles. The zero-order valence-electron chi connectivity index (χ0n) is 3.76. The molecule has 2 heteroatoms. The average Bonchev–Trinajstić information content (AvgIpc) is 1.86. The number of nitrogens with zero attached hydrogens (tertiary/aromatic N) is 2. The van der Waals surface area contributed by atoms with E-state index in [4.69, 9.17) is 0 Å². The van der Waals surface area contributed by atoms with Gasteiger partial charge in [0.1, 0.15) is 6.54 Å².